The summed E-state index contributed by atoms with van der Waals surface area (Å²) in [4.78, 5) is 27.4. The number of likely N-dealkylation sites (tertiary alicyclic amines) is 1. The van der Waals surface area contributed by atoms with Gasteiger partial charge in [0.05, 0.1) is 24.3 Å². The number of ketones is 1. The number of aryl methyl sites for hydroxylation is 2. The van der Waals surface area contributed by atoms with Gasteiger partial charge in [-0.05, 0) is 62.1 Å². The molecule has 3 rings (SSSR count). The standard InChI is InChI=1S/C26H31NO5/c1-6-18-7-9-19(10-8-18)23-22(25(29)26(30)27(23)13-14-31-5)24(28)20-11-12-21(17(4)15-20)32-16(2)3/h7-12,15-16,23,28H,6,13-14H2,1-5H3/b24-22+/t23-/m1/s1. The van der Waals surface area contributed by atoms with Crippen molar-refractivity contribution >= 4 is 17.4 Å². The molecule has 1 N–H and O–H groups in total. The van der Waals surface area contributed by atoms with Gasteiger partial charge in [0.15, 0.2) is 0 Å². The Balaban J connectivity index is 2.11. The van der Waals surface area contributed by atoms with Gasteiger partial charge in [-0.25, -0.2) is 0 Å². The Morgan fingerprint density at radius 1 is 1.12 bits per heavy atom. The molecule has 6 heteroatoms. The number of aliphatic hydroxyl groups is 1. The van der Waals surface area contributed by atoms with Gasteiger partial charge in [-0.3, -0.25) is 9.59 Å². The van der Waals surface area contributed by atoms with Crippen molar-refractivity contribution in [2.24, 2.45) is 0 Å². The molecule has 1 atom stereocenters. The summed E-state index contributed by atoms with van der Waals surface area (Å²) in [6, 6.07) is 12.4. The number of hydrogen-bond acceptors (Lipinski definition) is 5. The quantitative estimate of drug-likeness (QED) is 0.376. The molecule has 0 unspecified atom stereocenters. The van der Waals surface area contributed by atoms with E-state index in [0.29, 0.717) is 11.3 Å². The van der Waals surface area contributed by atoms with Crippen LogP contribution >= 0.6 is 0 Å². The van der Waals surface area contributed by atoms with Crippen molar-refractivity contribution in [2.45, 2.75) is 46.3 Å². The highest BCUT2D eigenvalue weighted by atomic mass is 16.5. The Labute approximate surface area is 189 Å². The number of carbonyl (C=O) groups excluding carboxylic acids is 2. The molecule has 1 heterocycles. The van der Waals surface area contributed by atoms with Crippen molar-refractivity contribution in [3.8, 4) is 5.75 Å². The van der Waals surface area contributed by atoms with E-state index >= 15 is 0 Å². The number of ether oxygens (including phenoxy) is 2. The second-order valence-corrected chi connectivity index (χ2v) is 8.23. The van der Waals surface area contributed by atoms with Crippen LogP contribution < -0.4 is 4.74 Å². The Morgan fingerprint density at radius 2 is 1.81 bits per heavy atom. The monoisotopic (exact) mass is 437 g/mol. The first-order chi connectivity index (χ1) is 15.3. The zero-order valence-corrected chi connectivity index (χ0v) is 19.3. The summed E-state index contributed by atoms with van der Waals surface area (Å²) in [6.45, 7) is 8.37. The third kappa shape index (κ3) is 4.70. The fraction of sp³-hybridized carbons (Fsp3) is 0.385. The lowest BCUT2D eigenvalue weighted by molar-refractivity contribution is -0.140. The fourth-order valence-corrected chi connectivity index (χ4v) is 3.92. The van der Waals surface area contributed by atoms with E-state index in [1.54, 1.807) is 25.3 Å². The molecular formula is C26H31NO5. The van der Waals surface area contributed by atoms with E-state index in [1.807, 2.05) is 45.0 Å². The van der Waals surface area contributed by atoms with Crippen LogP contribution in [0.15, 0.2) is 48.0 Å². The van der Waals surface area contributed by atoms with E-state index < -0.39 is 17.7 Å². The van der Waals surface area contributed by atoms with Crippen LogP contribution in [0, 0.1) is 6.92 Å². The molecule has 0 bridgehead atoms. The minimum atomic E-state index is -0.691. The van der Waals surface area contributed by atoms with Crippen molar-refractivity contribution in [1.82, 2.24) is 4.90 Å². The van der Waals surface area contributed by atoms with Crippen LogP contribution in [0.2, 0.25) is 0 Å². The molecule has 0 aliphatic carbocycles. The summed E-state index contributed by atoms with van der Waals surface area (Å²) in [5, 5.41) is 11.2. The van der Waals surface area contributed by atoms with E-state index in [1.165, 1.54) is 4.90 Å². The molecular weight excluding hydrogens is 406 g/mol. The van der Waals surface area contributed by atoms with Gasteiger partial charge < -0.3 is 19.5 Å². The first kappa shape index (κ1) is 23.5. The van der Waals surface area contributed by atoms with Crippen LogP contribution in [-0.4, -0.2) is 48.1 Å². The highest BCUT2D eigenvalue weighted by Crippen LogP contribution is 2.39. The first-order valence-corrected chi connectivity index (χ1v) is 10.9. The second-order valence-electron chi connectivity index (χ2n) is 8.23. The van der Waals surface area contributed by atoms with Crippen LogP contribution in [0.1, 0.15) is 49.1 Å². The van der Waals surface area contributed by atoms with E-state index in [0.717, 1.165) is 23.1 Å². The largest absolute Gasteiger partial charge is 0.507 e. The molecule has 2 aromatic carbocycles. The second kappa shape index (κ2) is 10.0. The highest BCUT2D eigenvalue weighted by molar-refractivity contribution is 6.46. The zero-order valence-electron chi connectivity index (χ0n) is 19.3. The summed E-state index contributed by atoms with van der Waals surface area (Å²) in [5.41, 5.74) is 3.32. The highest BCUT2D eigenvalue weighted by Gasteiger charge is 2.45. The van der Waals surface area contributed by atoms with Gasteiger partial charge in [0, 0.05) is 19.2 Å². The molecule has 2 aromatic rings. The molecule has 6 nitrogen and oxygen atoms in total. The summed E-state index contributed by atoms with van der Waals surface area (Å²) in [6.07, 6.45) is 0.902. The molecule has 0 spiro atoms. The third-order valence-electron chi connectivity index (χ3n) is 5.59. The maximum atomic E-state index is 13.0. The van der Waals surface area contributed by atoms with E-state index in [2.05, 4.69) is 6.92 Å². The Bertz CT molecular complexity index is 1020. The number of hydrogen-bond donors (Lipinski definition) is 1. The predicted molar refractivity (Wildman–Crippen MR) is 124 cm³/mol. The number of nitrogens with zero attached hydrogens (tertiary/aromatic N) is 1. The fourth-order valence-electron chi connectivity index (χ4n) is 3.92. The number of benzene rings is 2. The Hall–Kier alpha value is -3.12. The molecule has 1 fully saturated rings. The van der Waals surface area contributed by atoms with Crippen molar-refractivity contribution in [3.63, 3.8) is 0 Å². The number of aliphatic hydroxyl groups excluding tert-OH is 1. The van der Waals surface area contributed by atoms with Crippen LogP contribution in [0.4, 0.5) is 0 Å². The maximum Gasteiger partial charge on any atom is 0.295 e. The van der Waals surface area contributed by atoms with Gasteiger partial charge in [0.1, 0.15) is 11.5 Å². The number of amides is 1. The molecule has 32 heavy (non-hydrogen) atoms. The first-order valence-electron chi connectivity index (χ1n) is 10.9. The van der Waals surface area contributed by atoms with Gasteiger partial charge in [-0.2, -0.15) is 0 Å². The van der Waals surface area contributed by atoms with Crippen molar-refractivity contribution in [1.29, 1.82) is 0 Å². The average molecular weight is 438 g/mol. The summed E-state index contributed by atoms with van der Waals surface area (Å²) in [7, 11) is 1.55. The smallest absolute Gasteiger partial charge is 0.295 e. The van der Waals surface area contributed by atoms with Gasteiger partial charge in [-0.1, -0.05) is 31.2 Å². The van der Waals surface area contributed by atoms with Gasteiger partial charge >= 0.3 is 0 Å². The SMILES string of the molecule is CCc1ccc([C@@H]2/C(=C(\O)c3ccc(OC(C)C)c(C)c3)C(=O)C(=O)N2CCOC)cc1. The minimum absolute atomic E-state index is 0.0188. The lowest BCUT2D eigenvalue weighted by Crippen LogP contribution is -2.32. The Morgan fingerprint density at radius 3 is 2.38 bits per heavy atom. The molecule has 0 aromatic heterocycles. The van der Waals surface area contributed by atoms with Gasteiger partial charge in [0.2, 0.25) is 0 Å². The van der Waals surface area contributed by atoms with Crippen molar-refractivity contribution in [3.05, 3.63) is 70.3 Å². The number of Topliss-reactive ketones (excluding diaryl/α,β-unsaturated/α-hetero) is 1. The van der Waals surface area contributed by atoms with E-state index in [-0.39, 0.29) is 30.6 Å². The van der Waals surface area contributed by atoms with Gasteiger partial charge in [-0.15, -0.1) is 0 Å². The number of carbonyl (C=O) groups is 2. The Kier molecular flexibility index (Phi) is 7.36. The molecule has 0 saturated carbocycles. The third-order valence-corrected chi connectivity index (χ3v) is 5.59. The van der Waals surface area contributed by atoms with E-state index in [4.69, 9.17) is 9.47 Å². The molecule has 170 valence electrons. The van der Waals surface area contributed by atoms with Crippen LogP contribution in [0.25, 0.3) is 5.76 Å². The van der Waals surface area contributed by atoms with Crippen LogP contribution in [0.3, 0.4) is 0 Å². The van der Waals surface area contributed by atoms with Gasteiger partial charge in [0.25, 0.3) is 11.7 Å². The predicted octanol–water partition coefficient (Wildman–Crippen LogP) is 4.41. The van der Waals surface area contributed by atoms with E-state index in [9.17, 15) is 14.7 Å². The topological polar surface area (TPSA) is 76.1 Å². The van der Waals surface area contributed by atoms with Crippen LogP contribution in [0.5, 0.6) is 5.75 Å². The van der Waals surface area contributed by atoms with Crippen LogP contribution in [-0.2, 0) is 20.7 Å². The molecule has 0 radical (unpaired) electrons. The summed E-state index contributed by atoms with van der Waals surface area (Å²) < 4.78 is 10.9. The summed E-state index contributed by atoms with van der Waals surface area (Å²) in [5.74, 6) is -0.802. The lowest BCUT2D eigenvalue weighted by Gasteiger charge is -2.25. The maximum absolute atomic E-state index is 13.0. The zero-order chi connectivity index (χ0) is 23.4. The molecule has 1 saturated heterocycles. The number of methoxy groups -OCH3 is 1. The molecule has 1 amide bonds. The number of rotatable bonds is 8. The van der Waals surface area contributed by atoms with Crippen molar-refractivity contribution in [2.75, 3.05) is 20.3 Å². The molecule has 1 aliphatic rings. The summed E-state index contributed by atoms with van der Waals surface area (Å²) >= 11 is 0. The minimum Gasteiger partial charge on any atom is -0.507 e. The average Bonchev–Trinajstić information content (AvgIpc) is 3.03. The molecule has 1 aliphatic heterocycles. The van der Waals surface area contributed by atoms with Crippen molar-refractivity contribution < 1.29 is 24.2 Å². The lowest BCUT2D eigenvalue weighted by atomic mass is 9.94. The normalized spacial score (nSPS) is 17.9.